The summed E-state index contributed by atoms with van der Waals surface area (Å²) in [6.07, 6.45) is 1.66. The van der Waals surface area contributed by atoms with Crippen molar-refractivity contribution in [3.8, 4) is 11.5 Å². The fraction of sp³-hybridized carbons (Fsp3) is 0.167. The number of hydrogen-bond acceptors (Lipinski definition) is 5. The van der Waals surface area contributed by atoms with Gasteiger partial charge >= 0.3 is 0 Å². The molecular weight excluding hydrogens is 461 g/mol. The van der Waals surface area contributed by atoms with E-state index in [1.807, 2.05) is 0 Å². The first-order valence-corrected chi connectivity index (χ1v) is 10.6. The van der Waals surface area contributed by atoms with Gasteiger partial charge in [0.1, 0.15) is 18.1 Å². The van der Waals surface area contributed by atoms with E-state index in [-0.39, 0.29) is 41.2 Å². The predicted molar refractivity (Wildman–Crippen MR) is 121 cm³/mol. The number of alkyl halides is 2. The van der Waals surface area contributed by atoms with Gasteiger partial charge in [0, 0.05) is 17.3 Å². The zero-order chi connectivity index (χ0) is 24.5. The van der Waals surface area contributed by atoms with Gasteiger partial charge in [0.15, 0.2) is 11.4 Å². The molecule has 0 saturated heterocycles. The molecule has 4 aromatic heterocycles. The fourth-order valence-electron chi connectivity index (χ4n) is 3.87. The fourth-order valence-corrected chi connectivity index (χ4v) is 3.87. The van der Waals surface area contributed by atoms with E-state index in [0.717, 1.165) is 0 Å². The van der Waals surface area contributed by atoms with Crippen molar-refractivity contribution >= 4 is 22.6 Å². The van der Waals surface area contributed by atoms with Gasteiger partial charge in [-0.15, -0.1) is 0 Å². The molecule has 0 radical (unpaired) electrons. The van der Waals surface area contributed by atoms with Crippen molar-refractivity contribution in [1.82, 2.24) is 24.5 Å². The summed E-state index contributed by atoms with van der Waals surface area (Å²) in [5, 5.41) is 11.3. The SMILES string of the molecule is Cc1nn(CC(=O)Nc2cnn(Cc3ccccc3F)c2)c2nc(-c3ccco3)cc(C(F)F)c12. The minimum Gasteiger partial charge on any atom is -0.463 e. The molecule has 1 aromatic carbocycles. The van der Waals surface area contributed by atoms with Crippen molar-refractivity contribution in [2.75, 3.05) is 5.32 Å². The summed E-state index contributed by atoms with van der Waals surface area (Å²) in [6.45, 7) is 1.52. The number of anilines is 1. The molecular formula is C24H19F3N6O2. The molecule has 0 aliphatic carbocycles. The number of nitrogens with zero attached hydrogens (tertiary/aromatic N) is 5. The lowest BCUT2D eigenvalue weighted by Gasteiger charge is -2.07. The molecule has 0 fully saturated rings. The Hall–Kier alpha value is -4.41. The molecule has 0 saturated carbocycles. The maximum atomic E-state index is 13.9. The van der Waals surface area contributed by atoms with Crippen molar-refractivity contribution in [3.05, 3.63) is 83.8 Å². The Bertz CT molecular complexity index is 1510. The van der Waals surface area contributed by atoms with Crippen LogP contribution < -0.4 is 5.32 Å². The first-order chi connectivity index (χ1) is 16.9. The minimum absolute atomic E-state index is 0.150. The largest absolute Gasteiger partial charge is 0.463 e. The van der Waals surface area contributed by atoms with Crippen LogP contribution in [0.25, 0.3) is 22.5 Å². The van der Waals surface area contributed by atoms with Crippen LogP contribution in [-0.2, 0) is 17.9 Å². The van der Waals surface area contributed by atoms with E-state index in [4.69, 9.17) is 4.42 Å². The van der Waals surface area contributed by atoms with Crippen molar-refractivity contribution in [1.29, 1.82) is 0 Å². The van der Waals surface area contributed by atoms with Crippen LogP contribution in [-0.4, -0.2) is 30.5 Å². The topological polar surface area (TPSA) is 90.8 Å². The zero-order valence-corrected chi connectivity index (χ0v) is 18.5. The number of aromatic nitrogens is 5. The van der Waals surface area contributed by atoms with Crippen molar-refractivity contribution in [3.63, 3.8) is 0 Å². The van der Waals surface area contributed by atoms with Crippen LogP contribution in [0.15, 0.2) is 65.5 Å². The lowest BCUT2D eigenvalue weighted by Crippen LogP contribution is -2.19. The quantitative estimate of drug-likeness (QED) is 0.356. The van der Waals surface area contributed by atoms with Gasteiger partial charge in [-0.05, 0) is 31.2 Å². The number of carbonyl (C=O) groups excluding carboxylic acids is 1. The van der Waals surface area contributed by atoms with Crippen LogP contribution in [0.4, 0.5) is 18.9 Å². The van der Waals surface area contributed by atoms with E-state index in [1.54, 1.807) is 43.5 Å². The number of rotatable bonds is 7. The molecule has 0 aliphatic rings. The summed E-state index contributed by atoms with van der Waals surface area (Å²) in [5.41, 5.74) is 1.32. The molecule has 5 aromatic rings. The van der Waals surface area contributed by atoms with Gasteiger partial charge < -0.3 is 9.73 Å². The number of hydrogen-bond donors (Lipinski definition) is 1. The third-order valence-corrected chi connectivity index (χ3v) is 5.42. The van der Waals surface area contributed by atoms with E-state index < -0.39 is 12.3 Å². The van der Waals surface area contributed by atoms with Gasteiger partial charge in [-0.3, -0.25) is 9.48 Å². The Kier molecular flexibility index (Phi) is 5.81. The molecule has 0 atom stereocenters. The number of pyridine rings is 1. The number of halogens is 3. The molecule has 35 heavy (non-hydrogen) atoms. The predicted octanol–water partition coefficient (Wildman–Crippen LogP) is 4.96. The number of fused-ring (bicyclic) bond motifs is 1. The molecule has 178 valence electrons. The van der Waals surface area contributed by atoms with E-state index in [9.17, 15) is 18.0 Å². The van der Waals surface area contributed by atoms with Crippen LogP contribution >= 0.6 is 0 Å². The van der Waals surface area contributed by atoms with Gasteiger partial charge in [-0.2, -0.15) is 10.2 Å². The summed E-state index contributed by atoms with van der Waals surface area (Å²) < 4.78 is 49.6. The number of amides is 1. The van der Waals surface area contributed by atoms with E-state index in [2.05, 4.69) is 20.5 Å². The third kappa shape index (κ3) is 4.52. The van der Waals surface area contributed by atoms with Crippen LogP contribution in [0.2, 0.25) is 0 Å². The third-order valence-electron chi connectivity index (χ3n) is 5.42. The van der Waals surface area contributed by atoms with Gasteiger partial charge in [-0.1, -0.05) is 18.2 Å². The van der Waals surface area contributed by atoms with E-state index in [0.29, 0.717) is 22.7 Å². The molecule has 1 N–H and O–H groups in total. The number of furan rings is 1. The first-order valence-electron chi connectivity index (χ1n) is 10.6. The lowest BCUT2D eigenvalue weighted by molar-refractivity contribution is -0.116. The van der Waals surface area contributed by atoms with Gasteiger partial charge in [0.25, 0.3) is 6.43 Å². The second-order valence-electron chi connectivity index (χ2n) is 7.88. The first kappa shape index (κ1) is 22.4. The highest BCUT2D eigenvalue weighted by Crippen LogP contribution is 2.33. The Labute approximate surface area is 197 Å². The standard InChI is InChI=1S/C24H19F3N6O2/c1-14-22-17(23(26)27)9-19(20-7-4-8-35-20)30-24(22)33(31-14)13-21(34)29-16-10-28-32(12-16)11-15-5-2-3-6-18(15)25/h2-10,12,23H,11,13H2,1H3,(H,29,34). The Balaban J connectivity index is 1.38. The van der Waals surface area contributed by atoms with Crippen LogP contribution in [0.1, 0.15) is 23.2 Å². The molecule has 1 amide bonds. The molecule has 5 rings (SSSR count). The highest BCUT2D eigenvalue weighted by atomic mass is 19.3. The summed E-state index contributed by atoms with van der Waals surface area (Å²) >= 11 is 0. The van der Waals surface area contributed by atoms with Gasteiger partial charge in [0.2, 0.25) is 5.91 Å². The molecule has 8 nitrogen and oxygen atoms in total. The van der Waals surface area contributed by atoms with Gasteiger partial charge in [0.05, 0.1) is 35.8 Å². The summed E-state index contributed by atoms with van der Waals surface area (Å²) in [5.74, 6) is -0.478. The van der Waals surface area contributed by atoms with Crippen LogP contribution in [0, 0.1) is 12.7 Å². The average molecular weight is 480 g/mol. The number of nitrogens with one attached hydrogen (secondary N) is 1. The highest BCUT2D eigenvalue weighted by molar-refractivity contribution is 5.92. The zero-order valence-electron chi connectivity index (χ0n) is 18.5. The Morgan fingerprint density at radius 1 is 1.20 bits per heavy atom. The van der Waals surface area contributed by atoms with E-state index in [1.165, 1.54) is 34.0 Å². The summed E-state index contributed by atoms with van der Waals surface area (Å²) in [6, 6.07) is 10.9. The Morgan fingerprint density at radius 3 is 2.77 bits per heavy atom. The van der Waals surface area contributed by atoms with Gasteiger partial charge in [-0.25, -0.2) is 22.8 Å². The highest BCUT2D eigenvalue weighted by Gasteiger charge is 2.22. The molecule has 0 aliphatic heterocycles. The molecule has 0 unspecified atom stereocenters. The monoisotopic (exact) mass is 480 g/mol. The molecule has 0 bridgehead atoms. The number of aryl methyl sites for hydroxylation is 1. The summed E-state index contributed by atoms with van der Waals surface area (Å²) in [7, 11) is 0. The summed E-state index contributed by atoms with van der Waals surface area (Å²) in [4.78, 5) is 17.2. The smallest absolute Gasteiger partial charge is 0.264 e. The number of benzene rings is 1. The second kappa shape index (κ2) is 9.09. The second-order valence-corrected chi connectivity index (χ2v) is 7.88. The number of carbonyl (C=O) groups is 1. The molecule has 4 heterocycles. The minimum atomic E-state index is -2.76. The molecule has 0 spiro atoms. The lowest BCUT2D eigenvalue weighted by atomic mass is 10.1. The maximum absolute atomic E-state index is 13.9. The van der Waals surface area contributed by atoms with Crippen molar-refractivity contribution in [2.24, 2.45) is 0 Å². The Morgan fingerprint density at radius 2 is 2.03 bits per heavy atom. The van der Waals surface area contributed by atoms with Crippen molar-refractivity contribution in [2.45, 2.75) is 26.4 Å². The normalized spacial score (nSPS) is 11.5. The van der Waals surface area contributed by atoms with Crippen LogP contribution in [0.3, 0.4) is 0 Å². The average Bonchev–Trinajstić information content (AvgIpc) is 3.57. The van der Waals surface area contributed by atoms with Crippen molar-refractivity contribution < 1.29 is 22.4 Å². The van der Waals surface area contributed by atoms with E-state index >= 15 is 0 Å². The maximum Gasteiger partial charge on any atom is 0.264 e. The van der Waals surface area contributed by atoms with Crippen LogP contribution in [0.5, 0.6) is 0 Å². The molecule has 11 heteroatoms.